The molecule has 0 amide bonds. The first-order chi connectivity index (χ1) is 22.6. The third-order valence-electron chi connectivity index (χ3n) is 8.94. The van der Waals surface area contributed by atoms with Gasteiger partial charge in [-0.1, -0.05) is 125 Å². The molecule has 248 valence electrons. The molecule has 4 aromatic carbocycles. The molecule has 0 aliphatic carbocycles. The standard InChI is InChI=1S/C39H46O6P2/c1-29(2)21-37-33(17-11-19-35(37)31-13-7-5-8-14-31)23-46(40)42-25-39(26-43-46)27-44-47(41,45-28-39)24-34-18-12-20-36(38(34)22-30(3)4)32-15-9-6-10-16-32/h5-20,29-30H,21-28H2,1-4H3. The zero-order valence-electron chi connectivity index (χ0n) is 27.9. The second-order valence-electron chi connectivity index (χ2n) is 13.9. The summed E-state index contributed by atoms with van der Waals surface area (Å²) < 4.78 is 52.2. The molecule has 2 heterocycles. The molecular formula is C39H46O6P2. The molecule has 0 atom stereocenters. The molecule has 0 aromatic heterocycles. The van der Waals surface area contributed by atoms with Crippen molar-refractivity contribution in [3.8, 4) is 22.3 Å². The molecule has 47 heavy (non-hydrogen) atoms. The Labute approximate surface area is 279 Å². The van der Waals surface area contributed by atoms with Crippen LogP contribution >= 0.6 is 15.2 Å². The molecule has 0 unspecified atom stereocenters. The van der Waals surface area contributed by atoms with Crippen molar-refractivity contribution in [2.45, 2.75) is 52.9 Å². The van der Waals surface area contributed by atoms with Crippen molar-refractivity contribution in [1.82, 2.24) is 0 Å². The Hall–Kier alpha value is -2.82. The van der Waals surface area contributed by atoms with Gasteiger partial charge in [-0.05, 0) is 69.2 Å². The normalized spacial score (nSPS) is 24.6. The van der Waals surface area contributed by atoms with Crippen molar-refractivity contribution in [2.24, 2.45) is 17.3 Å². The van der Waals surface area contributed by atoms with E-state index in [9.17, 15) is 9.13 Å². The summed E-state index contributed by atoms with van der Waals surface area (Å²) in [5.41, 5.74) is 8.21. The van der Waals surface area contributed by atoms with Gasteiger partial charge in [0.15, 0.2) is 0 Å². The minimum absolute atomic E-state index is 0.157. The van der Waals surface area contributed by atoms with Gasteiger partial charge in [-0.25, -0.2) is 0 Å². The minimum atomic E-state index is -3.43. The van der Waals surface area contributed by atoms with E-state index in [2.05, 4.69) is 64.1 Å². The first kappa shape index (κ1) is 34.1. The van der Waals surface area contributed by atoms with Gasteiger partial charge in [0.2, 0.25) is 0 Å². The highest BCUT2D eigenvalue weighted by molar-refractivity contribution is 7.53. The quantitative estimate of drug-likeness (QED) is 0.156. The van der Waals surface area contributed by atoms with Crippen molar-refractivity contribution in [2.75, 3.05) is 26.4 Å². The van der Waals surface area contributed by atoms with Gasteiger partial charge in [0.1, 0.15) is 0 Å². The SMILES string of the molecule is CC(C)Cc1c(CP2(=O)OCC3(CO2)COP(=O)(Cc2cccc(-c4ccccc4)c2CC(C)C)OC3)cccc1-c1ccccc1. The topological polar surface area (TPSA) is 71.1 Å². The third kappa shape index (κ3) is 8.08. The summed E-state index contributed by atoms with van der Waals surface area (Å²) in [5.74, 6) is 0.844. The minimum Gasteiger partial charge on any atom is -0.307 e. The van der Waals surface area contributed by atoms with E-state index in [1.807, 2.05) is 60.7 Å². The van der Waals surface area contributed by atoms with E-state index >= 15 is 0 Å². The summed E-state index contributed by atoms with van der Waals surface area (Å²) in [6.45, 7) is 9.40. The maximum Gasteiger partial charge on any atom is 0.335 e. The summed E-state index contributed by atoms with van der Waals surface area (Å²) in [5, 5.41) is 0. The Kier molecular flexibility index (Phi) is 10.4. The lowest BCUT2D eigenvalue weighted by Crippen LogP contribution is -2.45. The molecule has 6 rings (SSSR count). The van der Waals surface area contributed by atoms with E-state index in [0.29, 0.717) is 11.8 Å². The highest BCUT2D eigenvalue weighted by atomic mass is 31.2. The zero-order valence-corrected chi connectivity index (χ0v) is 29.7. The first-order valence-electron chi connectivity index (χ1n) is 16.6. The van der Waals surface area contributed by atoms with E-state index in [0.717, 1.165) is 46.2 Å². The van der Waals surface area contributed by atoms with E-state index in [1.54, 1.807) is 0 Å². The van der Waals surface area contributed by atoms with Crippen LogP contribution in [0.2, 0.25) is 0 Å². The largest absolute Gasteiger partial charge is 0.335 e. The van der Waals surface area contributed by atoms with E-state index < -0.39 is 20.6 Å². The molecule has 0 N–H and O–H groups in total. The van der Waals surface area contributed by atoms with Crippen LogP contribution in [-0.4, -0.2) is 26.4 Å². The molecule has 0 radical (unpaired) electrons. The molecule has 2 fully saturated rings. The van der Waals surface area contributed by atoms with Gasteiger partial charge in [0.25, 0.3) is 0 Å². The fraction of sp³-hybridized carbons (Fsp3) is 0.385. The van der Waals surface area contributed by atoms with Crippen molar-refractivity contribution in [1.29, 1.82) is 0 Å². The summed E-state index contributed by atoms with van der Waals surface area (Å²) in [4.78, 5) is 0. The van der Waals surface area contributed by atoms with Gasteiger partial charge >= 0.3 is 15.2 Å². The van der Waals surface area contributed by atoms with Crippen LogP contribution in [0.3, 0.4) is 0 Å². The number of rotatable bonds is 10. The molecule has 0 saturated carbocycles. The predicted molar refractivity (Wildman–Crippen MR) is 190 cm³/mol. The number of hydrogen-bond donors (Lipinski definition) is 0. The van der Waals surface area contributed by atoms with Gasteiger partial charge in [-0.15, -0.1) is 0 Å². The summed E-state index contributed by atoms with van der Waals surface area (Å²) in [6.07, 6.45) is 2.10. The zero-order chi connectivity index (χ0) is 33.1. The molecule has 2 aliphatic rings. The van der Waals surface area contributed by atoms with Crippen LogP contribution < -0.4 is 0 Å². The van der Waals surface area contributed by atoms with Gasteiger partial charge in [0.05, 0.1) is 44.2 Å². The van der Waals surface area contributed by atoms with Crippen molar-refractivity contribution < 1.29 is 27.2 Å². The second-order valence-corrected chi connectivity index (χ2v) is 18.1. The number of hydrogen-bond acceptors (Lipinski definition) is 6. The monoisotopic (exact) mass is 672 g/mol. The molecule has 6 nitrogen and oxygen atoms in total. The highest BCUT2D eigenvalue weighted by Crippen LogP contribution is 2.62. The molecule has 4 aromatic rings. The third-order valence-corrected chi connectivity index (χ3v) is 12.5. The second kappa shape index (κ2) is 14.3. The van der Waals surface area contributed by atoms with Gasteiger partial charge < -0.3 is 18.1 Å². The predicted octanol–water partition coefficient (Wildman–Crippen LogP) is 10.6. The Morgan fingerprint density at radius 2 is 0.894 bits per heavy atom. The van der Waals surface area contributed by atoms with Crippen LogP contribution in [0.4, 0.5) is 0 Å². The van der Waals surface area contributed by atoms with Crippen molar-refractivity contribution in [3.63, 3.8) is 0 Å². The molecule has 2 saturated heterocycles. The summed E-state index contributed by atoms with van der Waals surface area (Å²) >= 11 is 0. The molecule has 0 bridgehead atoms. The Balaban J connectivity index is 1.14. The molecule has 2 aliphatic heterocycles. The summed E-state index contributed by atoms with van der Waals surface area (Å²) in [7, 11) is -6.86. The fourth-order valence-corrected chi connectivity index (χ4v) is 10.3. The average molecular weight is 673 g/mol. The lowest BCUT2D eigenvalue weighted by Gasteiger charge is -2.43. The van der Waals surface area contributed by atoms with Crippen LogP contribution in [-0.2, 0) is 52.4 Å². The highest BCUT2D eigenvalue weighted by Gasteiger charge is 2.49. The molecule has 8 heteroatoms. The van der Waals surface area contributed by atoms with Crippen LogP contribution in [0.25, 0.3) is 22.3 Å². The maximum absolute atomic E-state index is 14.0. The van der Waals surface area contributed by atoms with E-state index in [4.69, 9.17) is 18.1 Å². The number of benzene rings is 4. The van der Waals surface area contributed by atoms with E-state index in [1.165, 1.54) is 11.1 Å². The Morgan fingerprint density at radius 3 is 1.23 bits per heavy atom. The smallest absolute Gasteiger partial charge is 0.307 e. The molecular weight excluding hydrogens is 626 g/mol. The van der Waals surface area contributed by atoms with Crippen LogP contribution in [0.15, 0.2) is 97.1 Å². The van der Waals surface area contributed by atoms with Crippen LogP contribution in [0.5, 0.6) is 0 Å². The summed E-state index contributed by atoms with van der Waals surface area (Å²) in [6, 6.07) is 33.0. The van der Waals surface area contributed by atoms with Crippen LogP contribution in [0.1, 0.15) is 49.9 Å². The maximum atomic E-state index is 14.0. The Morgan fingerprint density at radius 1 is 0.532 bits per heavy atom. The molecule has 1 spiro atoms. The average Bonchev–Trinajstić information content (AvgIpc) is 3.06. The van der Waals surface area contributed by atoms with Crippen LogP contribution in [0, 0.1) is 17.3 Å². The van der Waals surface area contributed by atoms with Crippen molar-refractivity contribution in [3.05, 3.63) is 119 Å². The fourth-order valence-electron chi connectivity index (χ4n) is 6.51. The van der Waals surface area contributed by atoms with Crippen molar-refractivity contribution >= 4 is 15.2 Å². The lowest BCUT2D eigenvalue weighted by atomic mass is 9.90. The van der Waals surface area contributed by atoms with E-state index in [-0.39, 0.29) is 38.8 Å². The van der Waals surface area contributed by atoms with Gasteiger partial charge in [-0.3, -0.25) is 9.13 Å². The first-order valence-corrected chi connectivity index (χ1v) is 20.1. The van der Waals surface area contributed by atoms with Gasteiger partial charge in [-0.2, -0.15) is 0 Å². The van der Waals surface area contributed by atoms with Gasteiger partial charge in [0, 0.05) is 0 Å². The lowest BCUT2D eigenvalue weighted by molar-refractivity contribution is -0.0690. The Bertz CT molecular complexity index is 1610.